The van der Waals surface area contributed by atoms with Gasteiger partial charge in [-0.15, -0.1) is 0 Å². The van der Waals surface area contributed by atoms with E-state index in [9.17, 15) is 14.4 Å². The first-order chi connectivity index (χ1) is 15.4. The second-order valence-electron chi connectivity index (χ2n) is 8.61. The van der Waals surface area contributed by atoms with Crippen molar-refractivity contribution in [3.05, 3.63) is 54.6 Å². The average molecular weight is 437 g/mol. The third kappa shape index (κ3) is 4.39. The van der Waals surface area contributed by atoms with Crippen molar-refractivity contribution >= 4 is 23.5 Å². The number of rotatable bonds is 6. The minimum absolute atomic E-state index is 0.0593. The molecule has 8 heteroatoms. The highest BCUT2D eigenvalue weighted by atomic mass is 16.5. The van der Waals surface area contributed by atoms with Gasteiger partial charge in [-0.25, -0.2) is 4.79 Å². The van der Waals surface area contributed by atoms with E-state index < -0.39 is 17.5 Å². The summed E-state index contributed by atoms with van der Waals surface area (Å²) in [5.74, 6) is 0.967. The Labute approximate surface area is 187 Å². The largest absolute Gasteiger partial charge is 0.455 e. The van der Waals surface area contributed by atoms with Crippen molar-refractivity contribution in [3.63, 3.8) is 0 Å². The van der Waals surface area contributed by atoms with Crippen LogP contribution in [0.1, 0.15) is 32.6 Å². The SMILES string of the molecule is CC1CCC2(CC1)NC(=O)N(NC(=O)CN(C)c1ccccc1Oc1ccccc1)C2=O. The Hall–Kier alpha value is -3.55. The van der Waals surface area contributed by atoms with Gasteiger partial charge in [0.15, 0.2) is 5.75 Å². The summed E-state index contributed by atoms with van der Waals surface area (Å²) in [4.78, 5) is 39.8. The Morgan fingerprint density at radius 2 is 1.78 bits per heavy atom. The summed E-state index contributed by atoms with van der Waals surface area (Å²) in [7, 11) is 1.75. The van der Waals surface area contributed by atoms with E-state index in [0.717, 1.165) is 17.9 Å². The predicted molar refractivity (Wildman–Crippen MR) is 120 cm³/mol. The summed E-state index contributed by atoms with van der Waals surface area (Å²) in [5, 5.41) is 3.64. The summed E-state index contributed by atoms with van der Waals surface area (Å²) >= 11 is 0. The second kappa shape index (κ2) is 8.90. The number of nitrogens with one attached hydrogen (secondary N) is 2. The molecule has 2 N–H and O–H groups in total. The number of amides is 4. The number of carbonyl (C=O) groups is 3. The molecule has 2 aromatic rings. The zero-order valence-corrected chi connectivity index (χ0v) is 18.3. The lowest BCUT2D eigenvalue weighted by atomic mass is 9.77. The van der Waals surface area contributed by atoms with Crippen molar-refractivity contribution in [1.29, 1.82) is 0 Å². The highest BCUT2D eigenvalue weighted by Gasteiger charge is 2.52. The van der Waals surface area contributed by atoms with Crippen LogP contribution in [0.3, 0.4) is 0 Å². The van der Waals surface area contributed by atoms with Crippen LogP contribution in [0.2, 0.25) is 0 Å². The topological polar surface area (TPSA) is 91.0 Å². The van der Waals surface area contributed by atoms with Gasteiger partial charge in [0, 0.05) is 7.05 Å². The summed E-state index contributed by atoms with van der Waals surface area (Å²) in [6.45, 7) is 2.08. The number of nitrogens with zero attached hydrogens (tertiary/aromatic N) is 2. The lowest BCUT2D eigenvalue weighted by Gasteiger charge is -2.33. The lowest BCUT2D eigenvalue weighted by molar-refractivity contribution is -0.139. The summed E-state index contributed by atoms with van der Waals surface area (Å²) in [6, 6.07) is 16.2. The zero-order chi connectivity index (χ0) is 22.7. The molecule has 168 valence electrons. The third-order valence-electron chi connectivity index (χ3n) is 6.15. The summed E-state index contributed by atoms with van der Waals surface area (Å²) in [6.07, 6.45) is 2.92. The van der Waals surface area contributed by atoms with Gasteiger partial charge in [-0.2, -0.15) is 5.01 Å². The molecule has 1 aliphatic heterocycles. The van der Waals surface area contributed by atoms with E-state index in [4.69, 9.17) is 4.74 Å². The van der Waals surface area contributed by atoms with Gasteiger partial charge in [0.2, 0.25) is 0 Å². The summed E-state index contributed by atoms with van der Waals surface area (Å²) in [5.41, 5.74) is 2.30. The first-order valence-corrected chi connectivity index (χ1v) is 10.9. The van der Waals surface area contributed by atoms with Crippen molar-refractivity contribution < 1.29 is 19.1 Å². The maximum absolute atomic E-state index is 12.9. The molecule has 2 aromatic carbocycles. The standard InChI is InChI=1S/C24H28N4O4/c1-17-12-14-24(15-13-17)22(30)28(23(31)25-24)26-21(29)16-27(2)19-10-6-7-11-20(19)32-18-8-4-3-5-9-18/h3-11,17H,12-16H2,1-2H3,(H,25,31)(H,26,29). The normalized spacial score (nSPS) is 22.6. The van der Waals surface area contributed by atoms with E-state index in [1.807, 2.05) is 54.6 Å². The maximum Gasteiger partial charge on any atom is 0.344 e. The predicted octanol–water partition coefficient (Wildman–Crippen LogP) is 3.45. The molecule has 0 atom stereocenters. The number of hydrogen-bond donors (Lipinski definition) is 2. The first-order valence-electron chi connectivity index (χ1n) is 10.9. The van der Waals surface area contributed by atoms with E-state index in [2.05, 4.69) is 17.7 Å². The number of urea groups is 1. The van der Waals surface area contributed by atoms with E-state index >= 15 is 0 Å². The smallest absolute Gasteiger partial charge is 0.344 e. The fraction of sp³-hybridized carbons (Fsp3) is 0.375. The molecule has 1 heterocycles. The van der Waals surface area contributed by atoms with Crippen LogP contribution in [0, 0.1) is 5.92 Å². The van der Waals surface area contributed by atoms with E-state index in [1.54, 1.807) is 11.9 Å². The molecule has 1 saturated heterocycles. The highest BCUT2D eigenvalue weighted by molar-refractivity contribution is 6.08. The number of imide groups is 1. The minimum atomic E-state index is -0.890. The summed E-state index contributed by atoms with van der Waals surface area (Å²) < 4.78 is 5.96. The molecule has 1 aliphatic carbocycles. The number of para-hydroxylation sites is 3. The number of likely N-dealkylation sites (N-methyl/N-ethyl adjacent to an activating group) is 1. The molecule has 2 aliphatic rings. The van der Waals surface area contributed by atoms with Crippen LogP contribution in [-0.4, -0.2) is 42.0 Å². The second-order valence-corrected chi connectivity index (χ2v) is 8.61. The fourth-order valence-electron chi connectivity index (χ4n) is 4.25. The van der Waals surface area contributed by atoms with Crippen LogP contribution >= 0.6 is 0 Å². The molecule has 1 saturated carbocycles. The molecule has 0 bridgehead atoms. The third-order valence-corrected chi connectivity index (χ3v) is 6.15. The van der Waals surface area contributed by atoms with E-state index in [0.29, 0.717) is 35.9 Å². The number of hydrogen-bond acceptors (Lipinski definition) is 5. The van der Waals surface area contributed by atoms with Gasteiger partial charge in [0.05, 0.1) is 12.2 Å². The Bertz CT molecular complexity index is 1000. The van der Waals surface area contributed by atoms with Gasteiger partial charge in [0.25, 0.3) is 11.8 Å². The van der Waals surface area contributed by atoms with Gasteiger partial charge < -0.3 is 15.0 Å². The van der Waals surface area contributed by atoms with Crippen LogP contribution in [0.15, 0.2) is 54.6 Å². The van der Waals surface area contributed by atoms with Gasteiger partial charge in [-0.1, -0.05) is 37.3 Å². The van der Waals surface area contributed by atoms with Crippen LogP contribution < -0.4 is 20.4 Å². The fourth-order valence-corrected chi connectivity index (χ4v) is 4.25. The Morgan fingerprint density at radius 1 is 1.12 bits per heavy atom. The molecule has 8 nitrogen and oxygen atoms in total. The maximum atomic E-state index is 12.9. The van der Waals surface area contributed by atoms with Gasteiger partial charge in [0.1, 0.15) is 11.3 Å². The number of benzene rings is 2. The van der Waals surface area contributed by atoms with Gasteiger partial charge in [-0.05, 0) is 55.9 Å². The van der Waals surface area contributed by atoms with Crippen LogP contribution in [-0.2, 0) is 9.59 Å². The lowest BCUT2D eigenvalue weighted by Crippen LogP contribution is -2.52. The van der Waals surface area contributed by atoms with Crippen LogP contribution in [0.4, 0.5) is 10.5 Å². The van der Waals surface area contributed by atoms with E-state index in [1.165, 1.54) is 0 Å². The molecule has 0 radical (unpaired) electrons. The molecular weight excluding hydrogens is 408 g/mol. The van der Waals surface area contributed by atoms with Gasteiger partial charge in [-0.3, -0.25) is 15.0 Å². The Kier molecular flexibility index (Phi) is 6.03. The molecule has 1 spiro atoms. The van der Waals surface area contributed by atoms with Crippen molar-refractivity contribution in [3.8, 4) is 11.5 Å². The van der Waals surface area contributed by atoms with Crippen LogP contribution in [0.25, 0.3) is 0 Å². The average Bonchev–Trinajstić information content (AvgIpc) is 3.01. The van der Waals surface area contributed by atoms with Crippen molar-refractivity contribution in [1.82, 2.24) is 15.8 Å². The Morgan fingerprint density at radius 3 is 2.50 bits per heavy atom. The number of carbonyl (C=O) groups excluding carboxylic acids is 3. The molecule has 32 heavy (non-hydrogen) atoms. The van der Waals surface area contributed by atoms with Crippen molar-refractivity contribution in [2.45, 2.75) is 38.1 Å². The highest BCUT2D eigenvalue weighted by Crippen LogP contribution is 2.36. The van der Waals surface area contributed by atoms with Crippen molar-refractivity contribution in [2.75, 3.05) is 18.5 Å². The Balaban J connectivity index is 1.41. The first kappa shape index (κ1) is 21.7. The van der Waals surface area contributed by atoms with Gasteiger partial charge >= 0.3 is 6.03 Å². The molecule has 0 unspecified atom stereocenters. The van der Waals surface area contributed by atoms with Crippen molar-refractivity contribution in [2.24, 2.45) is 5.92 Å². The van der Waals surface area contributed by atoms with Crippen LogP contribution in [0.5, 0.6) is 11.5 Å². The molecular formula is C24H28N4O4. The number of ether oxygens (including phenoxy) is 1. The number of anilines is 1. The quantitative estimate of drug-likeness (QED) is 0.677. The monoisotopic (exact) mass is 436 g/mol. The minimum Gasteiger partial charge on any atom is -0.455 e. The molecule has 0 aromatic heterocycles. The zero-order valence-electron chi connectivity index (χ0n) is 18.3. The molecule has 4 rings (SSSR count). The molecule has 4 amide bonds. The molecule has 2 fully saturated rings. The van der Waals surface area contributed by atoms with E-state index in [-0.39, 0.29) is 12.5 Å². The number of hydrazine groups is 1.